The van der Waals surface area contributed by atoms with Gasteiger partial charge in [-0.2, -0.15) is 0 Å². The van der Waals surface area contributed by atoms with Crippen molar-refractivity contribution < 1.29 is 0 Å². The quantitative estimate of drug-likeness (QED) is 0.718. The lowest BCUT2D eigenvalue weighted by atomic mass is 9.95. The maximum atomic E-state index is 5.98. The van der Waals surface area contributed by atoms with Crippen molar-refractivity contribution in [2.45, 2.75) is 6.04 Å². The Morgan fingerprint density at radius 3 is 2.62 bits per heavy atom. The van der Waals surface area contributed by atoms with E-state index in [4.69, 9.17) is 5.73 Å². The first-order chi connectivity index (χ1) is 11.8. The molecular formula is C21H19N3. The second-order valence-electron chi connectivity index (χ2n) is 5.99. The molecule has 1 aliphatic rings. The second-order valence-corrected chi connectivity index (χ2v) is 5.99. The molecule has 0 fully saturated rings. The van der Waals surface area contributed by atoms with Crippen LogP contribution in [0.2, 0.25) is 0 Å². The van der Waals surface area contributed by atoms with E-state index < -0.39 is 0 Å². The highest BCUT2D eigenvalue weighted by atomic mass is 14.9. The van der Waals surface area contributed by atoms with E-state index in [1.807, 2.05) is 49.6 Å². The summed E-state index contributed by atoms with van der Waals surface area (Å²) in [6.45, 7) is 0. The summed E-state index contributed by atoms with van der Waals surface area (Å²) < 4.78 is 0. The van der Waals surface area contributed by atoms with Gasteiger partial charge in [-0.25, -0.2) is 0 Å². The number of hydrogen-bond acceptors (Lipinski definition) is 3. The summed E-state index contributed by atoms with van der Waals surface area (Å²) >= 11 is 0. The fraction of sp³-hybridized carbons (Fsp3) is 0.0952. The van der Waals surface area contributed by atoms with E-state index in [9.17, 15) is 0 Å². The van der Waals surface area contributed by atoms with Gasteiger partial charge in [-0.05, 0) is 59.6 Å². The molecule has 4 rings (SSSR count). The molecule has 1 atom stereocenters. The zero-order valence-corrected chi connectivity index (χ0v) is 13.5. The van der Waals surface area contributed by atoms with Crippen LogP contribution in [-0.2, 0) is 0 Å². The highest BCUT2D eigenvalue weighted by molar-refractivity contribution is 5.88. The van der Waals surface area contributed by atoms with Crippen molar-refractivity contribution in [1.29, 1.82) is 0 Å². The first-order valence-electron chi connectivity index (χ1n) is 8.07. The fourth-order valence-corrected chi connectivity index (χ4v) is 3.30. The van der Waals surface area contributed by atoms with Crippen LogP contribution in [0, 0.1) is 0 Å². The summed E-state index contributed by atoms with van der Waals surface area (Å²) in [7, 11) is 1.99. The van der Waals surface area contributed by atoms with Crippen LogP contribution in [0.15, 0.2) is 72.9 Å². The van der Waals surface area contributed by atoms with Gasteiger partial charge in [0.15, 0.2) is 0 Å². The van der Waals surface area contributed by atoms with Crippen LogP contribution in [0.3, 0.4) is 0 Å². The number of nitrogen functional groups attached to an aromatic ring is 1. The van der Waals surface area contributed by atoms with Gasteiger partial charge in [0.1, 0.15) is 0 Å². The Hall–Kier alpha value is -2.91. The predicted octanol–water partition coefficient (Wildman–Crippen LogP) is 4.04. The van der Waals surface area contributed by atoms with Crippen molar-refractivity contribution >= 4 is 11.3 Å². The summed E-state index contributed by atoms with van der Waals surface area (Å²) in [5.74, 6) is 0. The average Bonchev–Trinajstić information content (AvgIpc) is 3.00. The number of hydrogen-bond donors (Lipinski definition) is 2. The number of benzene rings is 2. The molecule has 3 aromatic rings. The van der Waals surface area contributed by atoms with Crippen LogP contribution in [0.1, 0.15) is 22.7 Å². The lowest BCUT2D eigenvalue weighted by molar-refractivity contribution is 0.725. The Morgan fingerprint density at radius 1 is 0.958 bits per heavy atom. The third kappa shape index (κ3) is 2.49. The molecule has 3 nitrogen and oxygen atoms in total. The normalized spacial score (nSPS) is 15.9. The van der Waals surface area contributed by atoms with Crippen molar-refractivity contribution in [2.24, 2.45) is 0 Å². The number of aromatic nitrogens is 1. The Bertz CT molecular complexity index is 913. The van der Waals surface area contributed by atoms with Gasteiger partial charge in [0.25, 0.3) is 0 Å². The van der Waals surface area contributed by atoms with Gasteiger partial charge in [0.05, 0.1) is 11.7 Å². The molecule has 0 bridgehead atoms. The molecule has 0 saturated heterocycles. The molecule has 118 valence electrons. The monoisotopic (exact) mass is 313 g/mol. The molecule has 1 heterocycles. The average molecular weight is 313 g/mol. The van der Waals surface area contributed by atoms with E-state index >= 15 is 0 Å². The second kappa shape index (κ2) is 5.95. The SMILES string of the molecule is CNC1C=C(c2cccc(N)c2)c2cc(-c3ccccn3)ccc21. The molecule has 24 heavy (non-hydrogen) atoms. The largest absolute Gasteiger partial charge is 0.399 e. The molecule has 2 aromatic carbocycles. The van der Waals surface area contributed by atoms with E-state index in [2.05, 4.69) is 40.6 Å². The van der Waals surface area contributed by atoms with Gasteiger partial charge in [-0.1, -0.05) is 36.4 Å². The fourth-order valence-electron chi connectivity index (χ4n) is 3.30. The molecule has 0 saturated carbocycles. The Morgan fingerprint density at radius 2 is 1.88 bits per heavy atom. The number of nitrogens with zero attached hydrogens (tertiary/aromatic N) is 1. The third-order valence-electron chi connectivity index (χ3n) is 4.48. The minimum absolute atomic E-state index is 0.217. The maximum Gasteiger partial charge on any atom is 0.0702 e. The Balaban J connectivity index is 1.85. The van der Waals surface area contributed by atoms with E-state index in [0.717, 1.165) is 22.5 Å². The van der Waals surface area contributed by atoms with Gasteiger partial charge in [0.2, 0.25) is 0 Å². The highest BCUT2D eigenvalue weighted by Crippen LogP contribution is 2.40. The van der Waals surface area contributed by atoms with Crippen LogP contribution < -0.4 is 11.1 Å². The number of nitrogens with one attached hydrogen (secondary N) is 1. The molecule has 3 N–H and O–H groups in total. The molecule has 0 spiro atoms. The first-order valence-corrected chi connectivity index (χ1v) is 8.07. The van der Waals surface area contributed by atoms with Crippen LogP contribution in [0.4, 0.5) is 5.69 Å². The summed E-state index contributed by atoms with van der Waals surface area (Å²) in [6, 6.07) is 20.8. The van der Waals surface area contributed by atoms with Crippen molar-refractivity contribution in [2.75, 3.05) is 12.8 Å². The van der Waals surface area contributed by atoms with E-state index in [0.29, 0.717) is 0 Å². The van der Waals surface area contributed by atoms with Crippen molar-refractivity contribution in [3.05, 3.63) is 89.6 Å². The van der Waals surface area contributed by atoms with Crippen LogP contribution >= 0.6 is 0 Å². The molecule has 0 radical (unpaired) electrons. The zero-order valence-electron chi connectivity index (χ0n) is 13.5. The van der Waals surface area contributed by atoms with Crippen LogP contribution in [-0.4, -0.2) is 12.0 Å². The predicted molar refractivity (Wildman–Crippen MR) is 99.4 cm³/mol. The number of rotatable bonds is 3. The number of likely N-dealkylation sites (N-methyl/N-ethyl adjacent to an activating group) is 1. The lowest BCUT2D eigenvalue weighted by Crippen LogP contribution is -2.11. The Kier molecular flexibility index (Phi) is 3.63. The van der Waals surface area contributed by atoms with E-state index in [1.54, 1.807) is 0 Å². The minimum atomic E-state index is 0.217. The number of anilines is 1. The van der Waals surface area contributed by atoms with Gasteiger partial charge in [-0.15, -0.1) is 0 Å². The molecule has 1 aromatic heterocycles. The van der Waals surface area contributed by atoms with Crippen molar-refractivity contribution in [3.8, 4) is 11.3 Å². The molecule has 3 heteroatoms. The molecule has 0 amide bonds. The maximum absolute atomic E-state index is 5.98. The standard InChI is InChI=1S/C21H19N3/c1-23-21-13-18(14-5-4-6-16(22)11-14)19-12-15(8-9-17(19)21)20-7-2-3-10-24-20/h2-13,21,23H,22H2,1H3. The zero-order chi connectivity index (χ0) is 16.5. The molecule has 1 aliphatic carbocycles. The van der Waals surface area contributed by atoms with Gasteiger partial charge in [0, 0.05) is 17.4 Å². The van der Waals surface area contributed by atoms with E-state index in [-0.39, 0.29) is 6.04 Å². The number of pyridine rings is 1. The third-order valence-corrected chi connectivity index (χ3v) is 4.48. The topological polar surface area (TPSA) is 50.9 Å². The van der Waals surface area contributed by atoms with Crippen LogP contribution in [0.25, 0.3) is 16.8 Å². The molecule has 0 aliphatic heterocycles. The van der Waals surface area contributed by atoms with Gasteiger partial charge >= 0.3 is 0 Å². The summed E-state index contributed by atoms with van der Waals surface area (Å²) in [5.41, 5.74) is 13.8. The summed E-state index contributed by atoms with van der Waals surface area (Å²) in [4.78, 5) is 4.47. The highest BCUT2D eigenvalue weighted by Gasteiger charge is 2.23. The van der Waals surface area contributed by atoms with Crippen molar-refractivity contribution in [1.82, 2.24) is 10.3 Å². The molecule has 1 unspecified atom stereocenters. The first kappa shape index (κ1) is 14.7. The lowest BCUT2D eigenvalue weighted by Gasteiger charge is -2.12. The number of nitrogens with two attached hydrogens (primary N) is 1. The van der Waals surface area contributed by atoms with Gasteiger partial charge < -0.3 is 11.1 Å². The minimum Gasteiger partial charge on any atom is -0.399 e. The van der Waals surface area contributed by atoms with Crippen LogP contribution in [0.5, 0.6) is 0 Å². The van der Waals surface area contributed by atoms with Gasteiger partial charge in [-0.3, -0.25) is 4.98 Å². The van der Waals surface area contributed by atoms with Crippen molar-refractivity contribution in [3.63, 3.8) is 0 Å². The molecular weight excluding hydrogens is 294 g/mol. The summed E-state index contributed by atoms with van der Waals surface area (Å²) in [5, 5.41) is 3.37. The number of fused-ring (bicyclic) bond motifs is 1. The summed E-state index contributed by atoms with van der Waals surface area (Å²) in [6.07, 6.45) is 4.09. The Labute approximate surface area is 141 Å². The smallest absolute Gasteiger partial charge is 0.0702 e. The van der Waals surface area contributed by atoms with E-state index in [1.165, 1.54) is 16.7 Å².